The number of benzene rings is 2. The lowest BCUT2D eigenvalue weighted by atomic mass is 9.80. The van der Waals surface area contributed by atoms with Crippen LogP contribution in [0.2, 0.25) is 0 Å². The summed E-state index contributed by atoms with van der Waals surface area (Å²) in [6.07, 6.45) is 0. The zero-order chi connectivity index (χ0) is 13.2. The lowest BCUT2D eigenvalue weighted by Crippen LogP contribution is -2.27. The maximum absolute atomic E-state index is 9.54. The molecule has 19 heavy (non-hydrogen) atoms. The molecule has 0 aromatic heterocycles. The molecule has 3 rings (SSSR count). The summed E-state index contributed by atoms with van der Waals surface area (Å²) < 4.78 is 10.9. The highest BCUT2D eigenvalue weighted by atomic mass is 16.5. The Morgan fingerprint density at radius 3 is 2.63 bits per heavy atom. The lowest BCUT2D eigenvalue weighted by Gasteiger charge is -2.07. The monoisotopic (exact) mass is 254 g/mol. The Bertz CT molecular complexity index is 586. The highest BCUT2D eigenvalue weighted by Gasteiger charge is 2.27. The van der Waals surface area contributed by atoms with Crippen molar-refractivity contribution in [1.29, 1.82) is 0 Å². The Kier molecular flexibility index (Phi) is 3.25. The molecule has 4 nitrogen and oxygen atoms in total. The van der Waals surface area contributed by atoms with Gasteiger partial charge in [-0.3, -0.25) is 5.73 Å². The molecule has 0 saturated carbocycles. The van der Waals surface area contributed by atoms with Gasteiger partial charge >= 0.3 is 7.12 Å². The van der Waals surface area contributed by atoms with Gasteiger partial charge in [-0.15, -0.1) is 0 Å². The van der Waals surface area contributed by atoms with Crippen LogP contribution in [-0.4, -0.2) is 12.1 Å². The molecule has 2 N–H and O–H groups in total. The molecule has 0 fully saturated rings. The molecule has 95 valence electrons. The van der Waals surface area contributed by atoms with Gasteiger partial charge < -0.3 is 14.4 Å². The second-order valence-corrected chi connectivity index (χ2v) is 4.45. The second-order valence-electron chi connectivity index (χ2n) is 4.45. The Morgan fingerprint density at radius 2 is 1.89 bits per heavy atom. The van der Waals surface area contributed by atoms with Gasteiger partial charge in [0.1, 0.15) is 11.5 Å². The summed E-state index contributed by atoms with van der Waals surface area (Å²) in [5.74, 6) is 1.45. The van der Waals surface area contributed by atoms with E-state index in [1.807, 2.05) is 42.5 Å². The molecule has 2 aromatic carbocycles. The van der Waals surface area contributed by atoms with E-state index in [0.29, 0.717) is 6.61 Å². The molecule has 1 radical (unpaired) electrons. The van der Waals surface area contributed by atoms with Gasteiger partial charge in [-0.05, 0) is 40.9 Å². The van der Waals surface area contributed by atoms with E-state index < -0.39 is 7.12 Å². The molecule has 2 aromatic rings. The van der Waals surface area contributed by atoms with Crippen LogP contribution in [0, 0.1) is 0 Å². The molecule has 1 aliphatic rings. The molecule has 5 heteroatoms. The summed E-state index contributed by atoms with van der Waals surface area (Å²) in [5, 5.41) is 9.54. The highest BCUT2D eigenvalue weighted by molar-refractivity contribution is 6.61. The molecule has 0 amide bonds. The van der Waals surface area contributed by atoms with E-state index in [9.17, 15) is 5.02 Å². The van der Waals surface area contributed by atoms with Crippen LogP contribution >= 0.6 is 0 Å². The Labute approximate surface area is 111 Å². The lowest BCUT2D eigenvalue weighted by molar-refractivity contribution is 0.275. The molecule has 0 saturated heterocycles. The van der Waals surface area contributed by atoms with Crippen molar-refractivity contribution in [3.8, 4) is 11.5 Å². The third-order valence-corrected chi connectivity index (χ3v) is 3.14. The van der Waals surface area contributed by atoms with Crippen molar-refractivity contribution in [3.05, 3.63) is 53.6 Å². The Hall–Kier alpha value is -1.82. The summed E-state index contributed by atoms with van der Waals surface area (Å²) in [5.41, 5.74) is 9.97. The second kappa shape index (κ2) is 5.05. The minimum absolute atomic E-state index is 0.272. The highest BCUT2D eigenvalue weighted by Crippen LogP contribution is 2.24. The van der Waals surface area contributed by atoms with Crippen LogP contribution in [0.1, 0.15) is 11.1 Å². The number of hydrogen-bond acceptors (Lipinski definition) is 3. The van der Waals surface area contributed by atoms with Gasteiger partial charge in [-0.2, -0.15) is 0 Å². The molecular weight excluding hydrogens is 241 g/mol. The molecule has 0 bridgehead atoms. The van der Waals surface area contributed by atoms with Crippen LogP contribution in [0.3, 0.4) is 0 Å². The Morgan fingerprint density at radius 1 is 1.16 bits per heavy atom. The summed E-state index contributed by atoms with van der Waals surface area (Å²) in [7, 11) is -0.819. The minimum atomic E-state index is -0.819. The third kappa shape index (κ3) is 2.49. The van der Waals surface area contributed by atoms with Crippen molar-refractivity contribution >= 4 is 12.6 Å². The standard InChI is InChI=1S/C14H13BNO3/c16-8-10-1-3-12(4-2-10)19-13-5-6-14-11(7-13)9-18-15(14)17/h1-7,16-17H,8-9H2. The number of rotatable bonds is 3. The van der Waals surface area contributed by atoms with Crippen molar-refractivity contribution < 1.29 is 14.4 Å². The van der Waals surface area contributed by atoms with Crippen LogP contribution in [-0.2, 0) is 17.8 Å². The average molecular weight is 254 g/mol. The summed E-state index contributed by atoms with van der Waals surface area (Å²) in [4.78, 5) is 0. The van der Waals surface area contributed by atoms with Gasteiger partial charge in [0.15, 0.2) is 0 Å². The fraction of sp³-hybridized carbons (Fsp3) is 0.143. The van der Waals surface area contributed by atoms with Gasteiger partial charge in [0.2, 0.25) is 0 Å². The first-order valence-corrected chi connectivity index (χ1v) is 6.10. The van der Waals surface area contributed by atoms with Gasteiger partial charge in [0, 0.05) is 6.54 Å². The predicted molar refractivity (Wildman–Crippen MR) is 72.2 cm³/mol. The van der Waals surface area contributed by atoms with E-state index in [0.717, 1.165) is 28.1 Å². The van der Waals surface area contributed by atoms with Crippen molar-refractivity contribution in [3.63, 3.8) is 0 Å². The average Bonchev–Trinajstić information content (AvgIpc) is 2.81. The van der Waals surface area contributed by atoms with E-state index >= 15 is 0 Å². The fourth-order valence-corrected chi connectivity index (χ4v) is 2.08. The zero-order valence-electron chi connectivity index (χ0n) is 10.3. The fourth-order valence-electron chi connectivity index (χ4n) is 2.08. The maximum atomic E-state index is 9.54. The van der Waals surface area contributed by atoms with Crippen LogP contribution < -0.4 is 15.9 Å². The van der Waals surface area contributed by atoms with E-state index in [4.69, 9.17) is 15.1 Å². The summed E-state index contributed by atoms with van der Waals surface area (Å²) in [6, 6.07) is 13.0. The molecule has 1 aliphatic heterocycles. The van der Waals surface area contributed by atoms with Crippen LogP contribution in [0.25, 0.3) is 0 Å². The number of nitrogens with one attached hydrogen (secondary N) is 1. The van der Waals surface area contributed by atoms with Crippen molar-refractivity contribution in [1.82, 2.24) is 5.73 Å². The Balaban J connectivity index is 1.79. The number of ether oxygens (including phenoxy) is 1. The first kappa shape index (κ1) is 12.2. The molecule has 0 atom stereocenters. The summed E-state index contributed by atoms with van der Waals surface area (Å²) in [6.45, 7) is 0.680. The molecule has 0 unspecified atom stereocenters. The smallest absolute Gasteiger partial charge is 0.457 e. The van der Waals surface area contributed by atoms with E-state index in [1.54, 1.807) is 0 Å². The van der Waals surface area contributed by atoms with Crippen molar-refractivity contribution in [2.24, 2.45) is 0 Å². The normalized spacial score (nSPS) is 13.5. The molecule has 0 spiro atoms. The quantitative estimate of drug-likeness (QED) is 0.844. The minimum Gasteiger partial charge on any atom is -0.457 e. The van der Waals surface area contributed by atoms with Gasteiger partial charge in [-0.25, -0.2) is 0 Å². The predicted octanol–water partition coefficient (Wildman–Crippen LogP) is 1.48. The topological polar surface area (TPSA) is 62.5 Å². The van der Waals surface area contributed by atoms with Gasteiger partial charge in [0.05, 0.1) is 6.61 Å². The van der Waals surface area contributed by atoms with E-state index in [-0.39, 0.29) is 6.54 Å². The third-order valence-electron chi connectivity index (χ3n) is 3.14. The summed E-state index contributed by atoms with van der Waals surface area (Å²) >= 11 is 0. The maximum Gasteiger partial charge on any atom is 0.491 e. The van der Waals surface area contributed by atoms with E-state index in [1.165, 1.54) is 0 Å². The largest absolute Gasteiger partial charge is 0.491 e. The number of hydrogen-bond donors (Lipinski definition) is 1. The van der Waals surface area contributed by atoms with Crippen molar-refractivity contribution in [2.45, 2.75) is 13.2 Å². The van der Waals surface area contributed by atoms with E-state index in [2.05, 4.69) is 0 Å². The van der Waals surface area contributed by atoms with Crippen LogP contribution in [0.4, 0.5) is 0 Å². The van der Waals surface area contributed by atoms with Crippen LogP contribution in [0.5, 0.6) is 11.5 Å². The molecule has 0 aliphatic carbocycles. The number of fused-ring (bicyclic) bond motifs is 1. The first-order chi connectivity index (χ1) is 9.26. The van der Waals surface area contributed by atoms with Gasteiger partial charge in [0.25, 0.3) is 0 Å². The van der Waals surface area contributed by atoms with Crippen molar-refractivity contribution in [2.75, 3.05) is 0 Å². The SMILES string of the molecule is [NH]Cc1ccc(Oc2ccc3c(c2)COB3O)cc1. The first-order valence-electron chi connectivity index (χ1n) is 6.10. The van der Waals surface area contributed by atoms with Gasteiger partial charge in [-0.1, -0.05) is 18.2 Å². The van der Waals surface area contributed by atoms with Crippen LogP contribution in [0.15, 0.2) is 42.5 Å². The zero-order valence-corrected chi connectivity index (χ0v) is 10.3. The molecule has 1 heterocycles. The molecular formula is C14H13BNO3.